The molecule has 2 saturated heterocycles. The molecule has 1 amide bonds. The molecular weight excluding hydrogens is 359 g/mol. The van der Waals surface area contributed by atoms with Gasteiger partial charge in [-0.2, -0.15) is 4.31 Å². The summed E-state index contributed by atoms with van der Waals surface area (Å²) in [5, 5.41) is 0.944. The van der Waals surface area contributed by atoms with Crippen LogP contribution in [0.4, 0.5) is 0 Å². The van der Waals surface area contributed by atoms with E-state index >= 15 is 0 Å². The van der Waals surface area contributed by atoms with Crippen LogP contribution in [0, 0.1) is 0 Å². The maximum atomic E-state index is 12.6. The Labute approximate surface area is 146 Å². The molecule has 2 heterocycles. The first-order valence-electron chi connectivity index (χ1n) is 7.61. The minimum Gasteiger partial charge on any atom is -0.335 e. The van der Waals surface area contributed by atoms with E-state index in [-0.39, 0.29) is 24.2 Å². The molecule has 126 valence electrons. The van der Waals surface area contributed by atoms with Crippen molar-refractivity contribution in [3.8, 4) is 0 Å². The topological polar surface area (TPSA) is 57.7 Å². The van der Waals surface area contributed by atoms with Gasteiger partial charge in [-0.25, -0.2) is 8.42 Å². The van der Waals surface area contributed by atoms with Crippen molar-refractivity contribution < 1.29 is 13.2 Å². The van der Waals surface area contributed by atoms with Crippen molar-refractivity contribution in [1.29, 1.82) is 0 Å². The monoisotopic (exact) mass is 376 g/mol. The minimum absolute atomic E-state index is 0.0671. The van der Waals surface area contributed by atoms with Crippen molar-refractivity contribution in [2.75, 3.05) is 25.4 Å². The Morgan fingerprint density at radius 1 is 1.17 bits per heavy atom. The van der Waals surface area contributed by atoms with Crippen LogP contribution in [0.5, 0.6) is 0 Å². The van der Waals surface area contributed by atoms with Crippen molar-refractivity contribution in [2.45, 2.75) is 25.3 Å². The van der Waals surface area contributed by atoms with E-state index in [1.165, 1.54) is 4.31 Å². The van der Waals surface area contributed by atoms with E-state index in [0.29, 0.717) is 29.6 Å². The fourth-order valence-corrected chi connectivity index (χ4v) is 5.02. The third-order valence-corrected chi connectivity index (χ3v) is 7.06. The van der Waals surface area contributed by atoms with Crippen molar-refractivity contribution in [1.82, 2.24) is 9.21 Å². The zero-order chi connectivity index (χ0) is 16.6. The van der Waals surface area contributed by atoms with E-state index in [4.69, 9.17) is 23.2 Å². The van der Waals surface area contributed by atoms with Gasteiger partial charge >= 0.3 is 0 Å². The van der Waals surface area contributed by atoms with Crippen LogP contribution in [0.1, 0.15) is 30.9 Å². The summed E-state index contributed by atoms with van der Waals surface area (Å²) >= 11 is 12.0. The number of hydrogen-bond donors (Lipinski definition) is 0. The largest absolute Gasteiger partial charge is 0.335 e. The molecule has 0 spiro atoms. The van der Waals surface area contributed by atoms with E-state index in [1.54, 1.807) is 17.0 Å². The number of halogens is 2. The summed E-state index contributed by atoms with van der Waals surface area (Å²) in [5.41, 5.74) is 0.939. The van der Waals surface area contributed by atoms with E-state index in [2.05, 4.69) is 0 Å². The molecule has 1 atom stereocenters. The number of benzene rings is 1. The van der Waals surface area contributed by atoms with Crippen molar-refractivity contribution >= 4 is 39.1 Å². The molecule has 0 aliphatic carbocycles. The van der Waals surface area contributed by atoms with E-state index in [1.807, 2.05) is 6.07 Å². The highest BCUT2D eigenvalue weighted by Gasteiger charge is 2.35. The highest BCUT2D eigenvalue weighted by Crippen LogP contribution is 2.35. The highest BCUT2D eigenvalue weighted by molar-refractivity contribution is 7.89. The number of carbonyl (C=O) groups is 1. The molecule has 5 nitrogen and oxygen atoms in total. The maximum absolute atomic E-state index is 12.6. The molecule has 1 aromatic rings. The van der Waals surface area contributed by atoms with Crippen LogP contribution in [-0.4, -0.2) is 48.9 Å². The first-order chi connectivity index (χ1) is 10.9. The number of nitrogens with zero attached hydrogens (tertiary/aromatic N) is 2. The summed E-state index contributed by atoms with van der Waals surface area (Å²) in [7, 11) is -3.26. The molecule has 0 unspecified atom stereocenters. The Balaban J connectivity index is 1.76. The molecule has 2 aliphatic heterocycles. The Morgan fingerprint density at radius 3 is 2.61 bits per heavy atom. The van der Waals surface area contributed by atoms with Gasteiger partial charge in [0.1, 0.15) is 0 Å². The van der Waals surface area contributed by atoms with Gasteiger partial charge in [0, 0.05) is 13.1 Å². The summed E-state index contributed by atoms with van der Waals surface area (Å²) in [6.07, 6.45) is 2.33. The van der Waals surface area contributed by atoms with Gasteiger partial charge < -0.3 is 4.90 Å². The summed E-state index contributed by atoms with van der Waals surface area (Å²) < 4.78 is 25.0. The predicted octanol–water partition coefficient (Wildman–Crippen LogP) is 2.69. The van der Waals surface area contributed by atoms with Gasteiger partial charge in [0.2, 0.25) is 15.9 Å². The van der Waals surface area contributed by atoms with Gasteiger partial charge in [-0.1, -0.05) is 29.3 Å². The summed E-state index contributed by atoms with van der Waals surface area (Å²) in [5.74, 6) is -0.0136. The summed E-state index contributed by atoms with van der Waals surface area (Å²) in [6, 6.07) is 5.32. The lowest BCUT2D eigenvalue weighted by Gasteiger charge is -2.27. The minimum atomic E-state index is -3.26. The van der Waals surface area contributed by atoms with E-state index in [0.717, 1.165) is 18.4 Å². The zero-order valence-corrected chi connectivity index (χ0v) is 14.9. The molecule has 0 bridgehead atoms. The molecule has 0 N–H and O–H groups in total. The van der Waals surface area contributed by atoms with Crippen molar-refractivity contribution in [2.24, 2.45) is 0 Å². The van der Waals surface area contributed by atoms with Crippen LogP contribution in [0.2, 0.25) is 10.0 Å². The third kappa shape index (κ3) is 3.50. The van der Waals surface area contributed by atoms with Crippen LogP contribution < -0.4 is 0 Å². The third-order valence-electron chi connectivity index (χ3n) is 4.42. The normalized spacial score (nSPS) is 24.3. The van der Waals surface area contributed by atoms with Crippen LogP contribution in [-0.2, 0) is 14.8 Å². The fourth-order valence-electron chi connectivity index (χ4n) is 3.24. The van der Waals surface area contributed by atoms with Crippen LogP contribution >= 0.6 is 23.2 Å². The lowest BCUT2D eigenvalue weighted by atomic mass is 10.0. The summed E-state index contributed by atoms with van der Waals surface area (Å²) in [6.45, 7) is 0.997. The summed E-state index contributed by atoms with van der Waals surface area (Å²) in [4.78, 5) is 14.3. The second-order valence-corrected chi connectivity index (χ2v) is 8.82. The quantitative estimate of drug-likeness (QED) is 0.814. The lowest BCUT2D eigenvalue weighted by Crippen LogP contribution is -2.40. The Kier molecular flexibility index (Phi) is 4.88. The zero-order valence-electron chi connectivity index (χ0n) is 12.5. The molecule has 8 heteroatoms. The lowest BCUT2D eigenvalue weighted by molar-refractivity contribution is -0.132. The van der Waals surface area contributed by atoms with Crippen molar-refractivity contribution in [3.05, 3.63) is 33.8 Å². The fraction of sp³-hybridized carbons (Fsp3) is 0.533. The second kappa shape index (κ2) is 6.59. The SMILES string of the molecule is O=C(CN1CCCS1(=O)=O)N1CCC[C@@H]1c1ccc(Cl)c(Cl)c1. The number of rotatable bonds is 3. The second-order valence-electron chi connectivity index (χ2n) is 5.92. The number of carbonyl (C=O) groups excluding carboxylic acids is 1. The predicted molar refractivity (Wildman–Crippen MR) is 90.1 cm³/mol. The van der Waals surface area contributed by atoms with E-state index < -0.39 is 10.0 Å². The molecule has 3 rings (SSSR count). The van der Waals surface area contributed by atoms with E-state index in [9.17, 15) is 13.2 Å². The maximum Gasteiger partial charge on any atom is 0.238 e. The number of amides is 1. The smallest absolute Gasteiger partial charge is 0.238 e. The molecule has 0 aromatic heterocycles. The molecule has 2 fully saturated rings. The van der Waals surface area contributed by atoms with Gasteiger partial charge in [0.05, 0.1) is 28.4 Å². The van der Waals surface area contributed by atoms with Gasteiger partial charge in [-0.05, 0) is 37.0 Å². The average Bonchev–Trinajstić information content (AvgIpc) is 3.09. The molecule has 0 radical (unpaired) electrons. The number of hydrogen-bond acceptors (Lipinski definition) is 3. The first-order valence-corrected chi connectivity index (χ1v) is 9.97. The molecular formula is C15H18Cl2N2O3S. The standard InChI is InChI=1S/C15H18Cl2N2O3S/c16-12-5-4-11(9-13(12)17)14-3-1-7-19(14)15(20)10-18-6-2-8-23(18,21)22/h4-5,9,14H,1-3,6-8,10H2/t14-/m1/s1. The molecule has 1 aromatic carbocycles. The molecule has 23 heavy (non-hydrogen) atoms. The highest BCUT2D eigenvalue weighted by atomic mass is 35.5. The average molecular weight is 377 g/mol. The number of likely N-dealkylation sites (tertiary alicyclic amines) is 1. The van der Waals surface area contributed by atoms with Gasteiger partial charge in [0.25, 0.3) is 0 Å². The Hall–Kier alpha value is -0.820. The first kappa shape index (κ1) is 17.0. The van der Waals surface area contributed by atoms with Crippen molar-refractivity contribution in [3.63, 3.8) is 0 Å². The van der Waals surface area contributed by atoms with Crippen LogP contribution in [0.3, 0.4) is 0 Å². The van der Waals surface area contributed by atoms with Crippen LogP contribution in [0.15, 0.2) is 18.2 Å². The molecule has 0 saturated carbocycles. The molecule has 2 aliphatic rings. The number of sulfonamides is 1. The Bertz CT molecular complexity index is 723. The Morgan fingerprint density at radius 2 is 1.96 bits per heavy atom. The van der Waals surface area contributed by atoms with Gasteiger partial charge in [0.15, 0.2) is 0 Å². The van der Waals surface area contributed by atoms with Crippen LogP contribution in [0.25, 0.3) is 0 Å². The van der Waals surface area contributed by atoms with Gasteiger partial charge in [-0.3, -0.25) is 4.79 Å². The van der Waals surface area contributed by atoms with Gasteiger partial charge in [-0.15, -0.1) is 0 Å².